The zero-order chi connectivity index (χ0) is 21.4. The van der Waals surface area contributed by atoms with Gasteiger partial charge in [-0.1, -0.05) is 36.4 Å². The van der Waals surface area contributed by atoms with Crippen LogP contribution in [0.4, 0.5) is 0 Å². The van der Waals surface area contributed by atoms with Crippen molar-refractivity contribution in [1.29, 1.82) is 0 Å². The van der Waals surface area contributed by atoms with E-state index in [1.807, 2.05) is 35.4 Å². The van der Waals surface area contributed by atoms with Gasteiger partial charge in [0.2, 0.25) is 0 Å². The number of ether oxygens (including phenoxy) is 2. The second-order valence-electron chi connectivity index (χ2n) is 8.10. The Hall–Kier alpha value is -3.41. The fourth-order valence-electron chi connectivity index (χ4n) is 4.93. The molecule has 3 heterocycles. The van der Waals surface area contributed by atoms with Gasteiger partial charge in [0.05, 0.1) is 19.8 Å². The average Bonchev–Trinajstić information content (AvgIpc) is 3.22. The maximum Gasteiger partial charge on any atom is 0.257 e. The van der Waals surface area contributed by atoms with E-state index in [9.17, 15) is 4.79 Å². The first-order valence-electron chi connectivity index (χ1n) is 10.7. The molecule has 1 aliphatic carbocycles. The first-order chi connectivity index (χ1) is 15.2. The molecule has 0 radical (unpaired) electrons. The van der Waals surface area contributed by atoms with Gasteiger partial charge in [-0.05, 0) is 42.0 Å². The number of dihydropyridines is 1. The van der Waals surface area contributed by atoms with Crippen molar-refractivity contribution in [2.45, 2.75) is 18.5 Å². The molecule has 160 valence electrons. The Kier molecular flexibility index (Phi) is 5.06. The molecule has 1 fully saturated rings. The fourth-order valence-corrected chi connectivity index (χ4v) is 4.93. The molecule has 31 heavy (non-hydrogen) atoms. The van der Waals surface area contributed by atoms with Crippen molar-refractivity contribution < 1.29 is 14.3 Å². The van der Waals surface area contributed by atoms with E-state index in [0.717, 1.165) is 29.8 Å². The third kappa shape index (κ3) is 3.32. The molecule has 0 bridgehead atoms. The van der Waals surface area contributed by atoms with E-state index in [1.54, 1.807) is 14.2 Å². The summed E-state index contributed by atoms with van der Waals surface area (Å²) >= 11 is 0. The highest BCUT2D eigenvalue weighted by molar-refractivity contribution is 5.98. The number of hydrogen-bond donors (Lipinski definition) is 2. The highest BCUT2D eigenvalue weighted by atomic mass is 16.5. The number of carbonyl (C=O) groups is 1. The minimum Gasteiger partial charge on any atom is -0.493 e. The van der Waals surface area contributed by atoms with Gasteiger partial charge in [0, 0.05) is 30.6 Å². The van der Waals surface area contributed by atoms with Crippen LogP contribution in [-0.4, -0.2) is 44.3 Å². The van der Waals surface area contributed by atoms with Gasteiger partial charge in [0.25, 0.3) is 5.91 Å². The van der Waals surface area contributed by atoms with Crippen molar-refractivity contribution in [2.75, 3.05) is 27.3 Å². The van der Waals surface area contributed by atoms with Crippen LogP contribution in [0.3, 0.4) is 0 Å². The van der Waals surface area contributed by atoms with Crippen molar-refractivity contribution in [3.63, 3.8) is 0 Å². The minimum atomic E-state index is -0.156. The monoisotopic (exact) mass is 417 g/mol. The number of fused-ring (bicyclic) bond motifs is 2. The summed E-state index contributed by atoms with van der Waals surface area (Å²) in [6.45, 7) is 1.37. The van der Waals surface area contributed by atoms with Crippen LogP contribution in [0.15, 0.2) is 77.7 Å². The Balaban J connectivity index is 1.49. The predicted octanol–water partition coefficient (Wildman–Crippen LogP) is 2.99. The molecular formula is C25H27N3O3. The summed E-state index contributed by atoms with van der Waals surface area (Å²) in [5, 5.41) is 6.83. The molecule has 0 saturated carbocycles. The van der Waals surface area contributed by atoms with E-state index in [2.05, 4.69) is 41.0 Å². The molecule has 5 rings (SSSR count). The molecule has 6 nitrogen and oxygen atoms in total. The molecule has 3 atom stereocenters. The standard InChI is InChI=1S/C25H27N3O3/c1-30-21-11-10-17(14-22(21)31-2)20-15-28(24-18(20)9-5-13-27-24)25(29)19-8-3-6-16-7-4-12-26-23(16)19/h3-5,7-11,13-14,16,20,24,26-27H,6,12,15H2,1-2H3. The molecule has 1 aromatic carbocycles. The first-order valence-corrected chi connectivity index (χ1v) is 10.7. The van der Waals surface area contributed by atoms with E-state index in [1.165, 1.54) is 5.57 Å². The van der Waals surface area contributed by atoms with Crippen LogP contribution >= 0.6 is 0 Å². The molecule has 3 aliphatic heterocycles. The maximum atomic E-state index is 13.7. The van der Waals surface area contributed by atoms with Gasteiger partial charge in [-0.15, -0.1) is 0 Å². The number of likely N-dealkylation sites (tertiary alicyclic amines) is 1. The number of rotatable bonds is 4. The van der Waals surface area contributed by atoms with Gasteiger partial charge in [0.15, 0.2) is 11.5 Å². The molecule has 1 amide bonds. The quantitative estimate of drug-likeness (QED) is 0.738. The van der Waals surface area contributed by atoms with Crippen LogP contribution < -0.4 is 20.1 Å². The molecule has 3 unspecified atom stereocenters. The highest BCUT2D eigenvalue weighted by Gasteiger charge is 2.42. The number of benzene rings is 1. The molecule has 0 spiro atoms. The second kappa shape index (κ2) is 8.02. The molecule has 2 N–H and O–H groups in total. The van der Waals surface area contributed by atoms with Crippen LogP contribution in [0.5, 0.6) is 11.5 Å². The Morgan fingerprint density at radius 3 is 2.87 bits per heavy atom. The molecule has 4 aliphatic rings. The third-order valence-corrected chi connectivity index (χ3v) is 6.46. The van der Waals surface area contributed by atoms with Crippen molar-refractivity contribution in [2.24, 2.45) is 5.92 Å². The van der Waals surface area contributed by atoms with Gasteiger partial charge < -0.3 is 25.0 Å². The van der Waals surface area contributed by atoms with Crippen LogP contribution in [0.25, 0.3) is 0 Å². The lowest BCUT2D eigenvalue weighted by molar-refractivity contribution is -0.127. The zero-order valence-corrected chi connectivity index (χ0v) is 17.8. The Labute approximate surface area is 182 Å². The lowest BCUT2D eigenvalue weighted by Gasteiger charge is -2.31. The smallest absolute Gasteiger partial charge is 0.257 e. The first kappa shape index (κ1) is 19.5. The number of carbonyl (C=O) groups excluding carboxylic acids is 1. The number of nitrogens with zero attached hydrogens (tertiary/aromatic N) is 1. The van der Waals surface area contributed by atoms with E-state index in [4.69, 9.17) is 9.47 Å². The van der Waals surface area contributed by atoms with E-state index < -0.39 is 0 Å². The number of amides is 1. The van der Waals surface area contributed by atoms with E-state index in [0.29, 0.717) is 18.0 Å². The van der Waals surface area contributed by atoms with Crippen LogP contribution in [0.2, 0.25) is 0 Å². The van der Waals surface area contributed by atoms with Crippen molar-refractivity contribution in [3.8, 4) is 11.5 Å². The van der Waals surface area contributed by atoms with E-state index >= 15 is 0 Å². The summed E-state index contributed by atoms with van der Waals surface area (Å²) in [7, 11) is 3.28. The average molecular weight is 418 g/mol. The summed E-state index contributed by atoms with van der Waals surface area (Å²) in [5.74, 6) is 1.80. The van der Waals surface area contributed by atoms with Crippen LogP contribution in [-0.2, 0) is 4.79 Å². The highest BCUT2D eigenvalue weighted by Crippen LogP contribution is 2.41. The van der Waals surface area contributed by atoms with Crippen molar-refractivity contribution in [3.05, 3.63) is 83.3 Å². The molecule has 1 aromatic rings. The van der Waals surface area contributed by atoms with Crippen LogP contribution in [0.1, 0.15) is 17.9 Å². The van der Waals surface area contributed by atoms with E-state index in [-0.39, 0.29) is 23.9 Å². The SMILES string of the molecule is COc1ccc(C2CN(C(=O)C3=C4NCC=CC4CC=C3)C3NC=CC=C23)cc1OC. The molecule has 6 heteroatoms. The van der Waals surface area contributed by atoms with Gasteiger partial charge in [0.1, 0.15) is 6.17 Å². The second-order valence-corrected chi connectivity index (χ2v) is 8.10. The Morgan fingerprint density at radius 1 is 1.16 bits per heavy atom. The van der Waals surface area contributed by atoms with Crippen molar-refractivity contribution in [1.82, 2.24) is 15.5 Å². The predicted molar refractivity (Wildman–Crippen MR) is 120 cm³/mol. The maximum absolute atomic E-state index is 13.7. The summed E-state index contributed by atoms with van der Waals surface area (Å²) < 4.78 is 10.9. The lowest BCUT2D eigenvalue weighted by Crippen LogP contribution is -2.45. The van der Waals surface area contributed by atoms with Crippen molar-refractivity contribution >= 4 is 5.91 Å². The normalized spacial score (nSPS) is 25.9. The largest absolute Gasteiger partial charge is 0.493 e. The van der Waals surface area contributed by atoms with Crippen LogP contribution in [0, 0.1) is 5.92 Å². The summed E-state index contributed by atoms with van der Waals surface area (Å²) in [4.78, 5) is 15.7. The summed E-state index contributed by atoms with van der Waals surface area (Å²) in [6, 6.07) is 6.00. The number of allylic oxidation sites excluding steroid dienone is 4. The topological polar surface area (TPSA) is 62.8 Å². The lowest BCUT2D eigenvalue weighted by atomic mass is 9.89. The number of hydrogen-bond acceptors (Lipinski definition) is 5. The number of nitrogens with one attached hydrogen (secondary N) is 2. The van der Waals surface area contributed by atoms with Gasteiger partial charge in [-0.3, -0.25) is 4.79 Å². The Morgan fingerprint density at radius 2 is 2.03 bits per heavy atom. The molecule has 0 aromatic heterocycles. The summed E-state index contributed by atoms with van der Waals surface area (Å²) in [5.41, 5.74) is 4.10. The zero-order valence-electron chi connectivity index (χ0n) is 17.8. The number of methoxy groups -OCH3 is 2. The molecular weight excluding hydrogens is 390 g/mol. The summed E-state index contributed by atoms with van der Waals surface area (Å²) in [6.07, 6.45) is 15.2. The minimum absolute atomic E-state index is 0.0560. The Bertz CT molecular complexity index is 1050. The fraction of sp³-hybridized carbons (Fsp3) is 0.320. The van der Waals surface area contributed by atoms with Gasteiger partial charge in [-0.25, -0.2) is 0 Å². The van der Waals surface area contributed by atoms with Gasteiger partial charge in [-0.2, -0.15) is 0 Å². The van der Waals surface area contributed by atoms with Gasteiger partial charge >= 0.3 is 0 Å². The molecule has 1 saturated heterocycles. The third-order valence-electron chi connectivity index (χ3n) is 6.46.